The maximum atomic E-state index is 9.32. The normalized spacial score (nSPS) is 22.5. The summed E-state index contributed by atoms with van der Waals surface area (Å²) in [6.07, 6.45) is 1.37. The highest BCUT2D eigenvalue weighted by Crippen LogP contribution is 2.23. The SMILES string of the molecule is CC1(C)CN(Cc2nnc(-c3ccco3)o2)CC(CO)O1. The van der Waals surface area contributed by atoms with Crippen molar-refractivity contribution >= 4 is 0 Å². The minimum absolute atomic E-state index is 0.00140. The molecule has 2 aromatic heterocycles. The Kier molecular flexibility index (Phi) is 3.79. The number of ether oxygens (including phenoxy) is 1. The molecule has 1 fully saturated rings. The number of aromatic nitrogens is 2. The molecule has 3 heterocycles. The molecule has 0 amide bonds. The fourth-order valence-corrected chi connectivity index (χ4v) is 2.64. The van der Waals surface area contributed by atoms with Gasteiger partial charge in [-0.05, 0) is 26.0 Å². The summed E-state index contributed by atoms with van der Waals surface area (Å²) < 4.78 is 16.6. The number of furan rings is 1. The molecule has 1 aliphatic rings. The topological polar surface area (TPSA) is 84.8 Å². The van der Waals surface area contributed by atoms with Crippen molar-refractivity contribution in [1.29, 1.82) is 0 Å². The summed E-state index contributed by atoms with van der Waals surface area (Å²) in [6.45, 7) is 5.91. The van der Waals surface area contributed by atoms with E-state index in [0.29, 0.717) is 30.6 Å². The lowest BCUT2D eigenvalue weighted by molar-refractivity contribution is -0.151. The zero-order chi connectivity index (χ0) is 14.9. The molecule has 1 aliphatic heterocycles. The van der Waals surface area contributed by atoms with Crippen LogP contribution in [-0.4, -0.2) is 51.6 Å². The lowest BCUT2D eigenvalue weighted by atomic mass is 10.1. The first kappa shape index (κ1) is 14.2. The molecule has 1 saturated heterocycles. The van der Waals surface area contributed by atoms with Crippen molar-refractivity contribution in [3.63, 3.8) is 0 Å². The Morgan fingerprint density at radius 2 is 2.29 bits per heavy atom. The summed E-state index contributed by atoms with van der Waals surface area (Å²) >= 11 is 0. The third-order valence-corrected chi connectivity index (χ3v) is 3.31. The van der Waals surface area contributed by atoms with Crippen molar-refractivity contribution < 1.29 is 18.7 Å². The first-order valence-electron chi connectivity index (χ1n) is 6.93. The number of nitrogens with zero attached hydrogens (tertiary/aromatic N) is 3. The monoisotopic (exact) mass is 293 g/mol. The van der Waals surface area contributed by atoms with E-state index in [9.17, 15) is 5.11 Å². The molecule has 3 rings (SSSR count). The molecule has 7 heteroatoms. The van der Waals surface area contributed by atoms with Gasteiger partial charge >= 0.3 is 0 Å². The van der Waals surface area contributed by atoms with E-state index in [4.69, 9.17) is 13.6 Å². The standard InChI is InChI=1S/C14H19N3O4/c1-14(2)9-17(6-10(8-18)21-14)7-12-15-16-13(20-12)11-4-3-5-19-11/h3-5,10,18H,6-9H2,1-2H3. The van der Waals surface area contributed by atoms with Crippen LogP contribution in [0.5, 0.6) is 0 Å². The van der Waals surface area contributed by atoms with Crippen molar-refractivity contribution in [2.24, 2.45) is 0 Å². The van der Waals surface area contributed by atoms with Crippen molar-refractivity contribution in [2.75, 3.05) is 19.7 Å². The van der Waals surface area contributed by atoms with Gasteiger partial charge in [0.2, 0.25) is 5.89 Å². The van der Waals surface area contributed by atoms with Crippen molar-refractivity contribution in [1.82, 2.24) is 15.1 Å². The van der Waals surface area contributed by atoms with Crippen LogP contribution in [0.4, 0.5) is 0 Å². The summed E-state index contributed by atoms with van der Waals surface area (Å²) in [6, 6.07) is 3.55. The molecule has 0 bridgehead atoms. The van der Waals surface area contributed by atoms with E-state index >= 15 is 0 Å². The van der Waals surface area contributed by atoms with Crippen LogP contribution in [0.1, 0.15) is 19.7 Å². The molecule has 0 spiro atoms. The Balaban J connectivity index is 1.68. The predicted molar refractivity (Wildman–Crippen MR) is 73.3 cm³/mol. The van der Waals surface area contributed by atoms with Crippen LogP contribution in [0.25, 0.3) is 11.7 Å². The van der Waals surface area contributed by atoms with Gasteiger partial charge in [0, 0.05) is 13.1 Å². The summed E-state index contributed by atoms with van der Waals surface area (Å²) in [7, 11) is 0. The molecule has 1 unspecified atom stereocenters. The summed E-state index contributed by atoms with van der Waals surface area (Å²) in [5.41, 5.74) is -0.310. The summed E-state index contributed by atoms with van der Waals surface area (Å²) in [5.74, 6) is 1.46. The molecular weight excluding hydrogens is 274 g/mol. The Bertz CT molecular complexity index is 579. The first-order valence-corrected chi connectivity index (χ1v) is 6.93. The van der Waals surface area contributed by atoms with Crippen molar-refractivity contribution in [2.45, 2.75) is 32.1 Å². The average molecular weight is 293 g/mol. The number of rotatable bonds is 4. The van der Waals surface area contributed by atoms with Gasteiger partial charge in [-0.25, -0.2) is 0 Å². The van der Waals surface area contributed by atoms with Crippen LogP contribution >= 0.6 is 0 Å². The maximum Gasteiger partial charge on any atom is 0.283 e. The van der Waals surface area contributed by atoms with Crippen LogP contribution in [0.3, 0.4) is 0 Å². The smallest absolute Gasteiger partial charge is 0.283 e. The number of aliphatic hydroxyl groups is 1. The third kappa shape index (κ3) is 3.31. The van der Waals surface area contributed by atoms with E-state index in [1.54, 1.807) is 18.4 Å². The van der Waals surface area contributed by atoms with Crippen LogP contribution in [-0.2, 0) is 11.3 Å². The zero-order valence-electron chi connectivity index (χ0n) is 12.2. The minimum Gasteiger partial charge on any atom is -0.459 e. The lowest BCUT2D eigenvalue weighted by Crippen LogP contribution is -2.53. The van der Waals surface area contributed by atoms with Gasteiger partial charge in [-0.3, -0.25) is 4.90 Å². The summed E-state index contributed by atoms with van der Waals surface area (Å²) in [4.78, 5) is 2.14. The van der Waals surface area contributed by atoms with Gasteiger partial charge in [-0.2, -0.15) is 0 Å². The van der Waals surface area contributed by atoms with E-state index in [2.05, 4.69) is 15.1 Å². The summed E-state index contributed by atoms with van der Waals surface area (Å²) in [5, 5.41) is 17.3. The fraction of sp³-hybridized carbons (Fsp3) is 0.571. The second-order valence-corrected chi connectivity index (χ2v) is 5.83. The van der Waals surface area contributed by atoms with E-state index in [1.165, 1.54) is 0 Å². The maximum absolute atomic E-state index is 9.32. The fourth-order valence-electron chi connectivity index (χ4n) is 2.64. The van der Waals surface area contributed by atoms with Crippen molar-refractivity contribution in [3.8, 4) is 11.7 Å². The second-order valence-electron chi connectivity index (χ2n) is 5.83. The highest BCUT2D eigenvalue weighted by molar-refractivity contribution is 5.42. The van der Waals surface area contributed by atoms with Crippen LogP contribution < -0.4 is 0 Å². The van der Waals surface area contributed by atoms with E-state index in [1.807, 2.05) is 13.8 Å². The van der Waals surface area contributed by atoms with Gasteiger partial charge in [0.05, 0.1) is 31.1 Å². The molecule has 114 valence electrons. The van der Waals surface area contributed by atoms with E-state index in [-0.39, 0.29) is 18.3 Å². The molecule has 2 aromatic rings. The highest BCUT2D eigenvalue weighted by atomic mass is 16.5. The molecule has 1 N–H and O–H groups in total. The Hall–Kier alpha value is -1.70. The predicted octanol–water partition coefficient (Wildman–Crippen LogP) is 1.30. The van der Waals surface area contributed by atoms with Gasteiger partial charge in [0.25, 0.3) is 5.89 Å². The third-order valence-electron chi connectivity index (χ3n) is 3.31. The molecular formula is C14H19N3O4. The van der Waals surface area contributed by atoms with Crippen molar-refractivity contribution in [3.05, 3.63) is 24.3 Å². The van der Waals surface area contributed by atoms with Gasteiger partial charge in [0.15, 0.2) is 5.76 Å². The van der Waals surface area contributed by atoms with Gasteiger partial charge in [-0.1, -0.05) is 0 Å². The molecule has 0 saturated carbocycles. The Labute approximate surface area is 122 Å². The van der Waals surface area contributed by atoms with Crippen LogP contribution in [0.2, 0.25) is 0 Å². The Morgan fingerprint density at radius 3 is 3.00 bits per heavy atom. The number of hydrogen-bond acceptors (Lipinski definition) is 7. The minimum atomic E-state index is -0.310. The van der Waals surface area contributed by atoms with E-state index < -0.39 is 0 Å². The first-order chi connectivity index (χ1) is 10.1. The average Bonchev–Trinajstić information content (AvgIpc) is 3.06. The van der Waals surface area contributed by atoms with Gasteiger partial charge in [0.1, 0.15) is 0 Å². The van der Waals surface area contributed by atoms with Gasteiger partial charge < -0.3 is 18.7 Å². The van der Waals surface area contributed by atoms with Crippen LogP contribution in [0.15, 0.2) is 27.2 Å². The largest absolute Gasteiger partial charge is 0.459 e. The zero-order valence-corrected chi connectivity index (χ0v) is 12.2. The molecule has 0 aliphatic carbocycles. The van der Waals surface area contributed by atoms with Crippen LogP contribution in [0, 0.1) is 0 Å². The lowest BCUT2D eigenvalue weighted by Gasteiger charge is -2.41. The highest BCUT2D eigenvalue weighted by Gasteiger charge is 2.33. The number of morpholine rings is 1. The molecule has 1 atom stereocenters. The number of hydrogen-bond donors (Lipinski definition) is 1. The molecule has 0 radical (unpaired) electrons. The molecule has 0 aromatic carbocycles. The van der Waals surface area contributed by atoms with E-state index in [0.717, 1.165) is 6.54 Å². The molecule has 21 heavy (non-hydrogen) atoms. The second kappa shape index (κ2) is 5.59. The molecule has 7 nitrogen and oxygen atoms in total. The Morgan fingerprint density at radius 1 is 1.43 bits per heavy atom. The van der Waals surface area contributed by atoms with Gasteiger partial charge in [-0.15, -0.1) is 10.2 Å². The number of aliphatic hydroxyl groups excluding tert-OH is 1. The quantitative estimate of drug-likeness (QED) is 0.909.